The van der Waals surface area contributed by atoms with Crippen molar-refractivity contribution in [1.29, 1.82) is 0 Å². The summed E-state index contributed by atoms with van der Waals surface area (Å²) in [7, 11) is 0. The number of carbonyl (C=O) groups is 1. The van der Waals surface area contributed by atoms with E-state index in [9.17, 15) is 28.1 Å². The molecule has 1 heterocycles. The van der Waals surface area contributed by atoms with Crippen LogP contribution in [0.1, 0.15) is 6.92 Å². The Morgan fingerprint density at radius 3 is 2.44 bits per heavy atom. The highest BCUT2D eigenvalue weighted by molar-refractivity contribution is 5.74. The third-order valence-electron chi connectivity index (χ3n) is 2.54. The molecule has 0 radical (unpaired) electrons. The van der Waals surface area contributed by atoms with Gasteiger partial charge in [-0.05, 0) is 12.1 Å². The van der Waals surface area contributed by atoms with Crippen LogP contribution < -0.4 is 14.8 Å². The summed E-state index contributed by atoms with van der Waals surface area (Å²) < 4.78 is 45.4. The van der Waals surface area contributed by atoms with Crippen LogP contribution in [0.15, 0.2) is 30.6 Å². The van der Waals surface area contributed by atoms with Gasteiger partial charge < -0.3 is 14.8 Å². The molecule has 0 aliphatic heterocycles. The Bertz CT molecular complexity index is 795. The summed E-state index contributed by atoms with van der Waals surface area (Å²) in [6, 6.07) is 2.97. The van der Waals surface area contributed by atoms with E-state index in [1.54, 1.807) is 0 Å². The van der Waals surface area contributed by atoms with Crippen LogP contribution in [0.3, 0.4) is 0 Å². The standard InChI is InChI=1S/C13H9F3N4O5/c1-7(21)24-11-4-9(25-13(14,15)16)2-3-10(11)19-12-17-5-8(6-18-12)20(22)23/h2-6H,1H3,(H,17,18,19). The Morgan fingerprint density at radius 2 is 1.92 bits per heavy atom. The van der Waals surface area contributed by atoms with Gasteiger partial charge in [-0.15, -0.1) is 13.2 Å². The first-order valence-electron chi connectivity index (χ1n) is 6.46. The van der Waals surface area contributed by atoms with Crippen molar-refractivity contribution in [3.05, 3.63) is 40.7 Å². The van der Waals surface area contributed by atoms with Gasteiger partial charge in [-0.2, -0.15) is 0 Å². The van der Waals surface area contributed by atoms with Gasteiger partial charge in [0.15, 0.2) is 5.75 Å². The molecule has 0 bridgehead atoms. The lowest BCUT2D eigenvalue weighted by Crippen LogP contribution is -2.17. The molecule has 0 amide bonds. The zero-order valence-electron chi connectivity index (χ0n) is 12.4. The van der Waals surface area contributed by atoms with E-state index in [1.165, 1.54) is 0 Å². The number of rotatable bonds is 5. The second-order valence-corrected chi connectivity index (χ2v) is 4.45. The molecule has 0 saturated heterocycles. The number of esters is 1. The smallest absolute Gasteiger partial charge is 0.424 e. The summed E-state index contributed by atoms with van der Waals surface area (Å²) in [5.41, 5.74) is -0.293. The maximum Gasteiger partial charge on any atom is 0.573 e. The highest BCUT2D eigenvalue weighted by atomic mass is 19.4. The fourth-order valence-electron chi connectivity index (χ4n) is 1.64. The van der Waals surface area contributed by atoms with Crippen molar-refractivity contribution in [3.8, 4) is 11.5 Å². The Labute approximate surface area is 137 Å². The summed E-state index contributed by atoms with van der Waals surface area (Å²) in [6.07, 6.45) is -3.05. The van der Waals surface area contributed by atoms with E-state index in [0.717, 1.165) is 37.5 Å². The minimum Gasteiger partial charge on any atom is -0.424 e. The van der Waals surface area contributed by atoms with Crippen LogP contribution in [0.5, 0.6) is 11.5 Å². The van der Waals surface area contributed by atoms with Gasteiger partial charge in [0.05, 0.1) is 10.6 Å². The molecule has 0 aliphatic rings. The zero-order chi connectivity index (χ0) is 18.6. The van der Waals surface area contributed by atoms with Gasteiger partial charge in [0.25, 0.3) is 0 Å². The van der Waals surface area contributed by atoms with E-state index >= 15 is 0 Å². The number of aromatic nitrogens is 2. The van der Waals surface area contributed by atoms with E-state index in [0.29, 0.717) is 0 Å². The minimum atomic E-state index is -4.91. The topological polar surface area (TPSA) is 116 Å². The summed E-state index contributed by atoms with van der Waals surface area (Å²) in [6.45, 7) is 1.06. The number of ether oxygens (including phenoxy) is 2. The SMILES string of the molecule is CC(=O)Oc1cc(OC(F)(F)F)ccc1Nc1ncc([N+](=O)[O-])cn1. The average Bonchev–Trinajstić information content (AvgIpc) is 2.48. The van der Waals surface area contributed by atoms with Gasteiger partial charge in [-0.3, -0.25) is 14.9 Å². The molecule has 0 fully saturated rings. The number of nitro groups is 1. The molecule has 0 saturated carbocycles. The van der Waals surface area contributed by atoms with Gasteiger partial charge in [-0.25, -0.2) is 9.97 Å². The zero-order valence-corrected chi connectivity index (χ0v) is 12.4. The van der Waals surface area contributed by atoms with Crippen LogP contribution in [0.4, 0.5) is 30.5 Å². The molecule has 0 atom stereocenters. The molecule has 0 unspecified atom stereocenters. The molecular formula is C13H9F3N4O5. The predicted molar refractivity (Wildman–Crippen MR) is 76.4 cm³/mol. The number of halogens is 3. The summed E-state index contributed by atoms with van der Waals surface area (Å²) >= 11 is 0. The molecular weight excluding hydrogens is 349 g/mol. The van der Waals surface area contributed by atoms with Crippen molar-refractivity contribution >= 4 is 23.3 Å². The number of benzene rings is 1. The van der Waals surface area contributed by atoms with Crippen LogP contribution in [-0.2, 0) is 4.79 Å². The third kappa shape index (κ3) is 5.30. The van der Waals surface area contributed by atoms with E-state index in [4.69, 9.17) is 4.74 Å². The molecule has 2 aromatic rings. The van der Waals surface area contributed by atoms with Crippen LogP contribution in [-0.4, -0.2) is 27.2 Å². The Balaban J connectivity index is 2.28. The molecule has 9 nitrogen and oxygen atoms in total. The predicted octanol–water partition coefficient (Wildman–Crippen LogP) is 2.95. The van der Waals surface area contributed by atoms with Crippen LogP contribution in [0, 0.1) is 10.1 Å². The van der Waals surface area contributed by atoms with Crippen LogP contribution in [0.25, 0.3) is 0 Å². The highest BCUT2D eigenvalue weighted by Gasteiger charge is 2.31. The maximum absolute atomic E-state index is 12.3. The van der Waals surface area contributed by atoms with Gasteiger partial charge in [0, 0.05) is 13.0 Å². The monoisotopic (exact) mass is 358 g/mol. The fourth-order valence-corrected chi connectivity index (χ4v) is 1.64. The number of nitrogens with one attached hydrogen (secondary N) is 1. The molecule has 25 heavy (non-hydrogen) atoms. The lowest BCUT2D eigenvalue weighted by atomic mass is 10.2. The van der Waals surface area contributed by atoms with Crippen molar-refractivity contribution in [2.45, 2.75) is 13.3 Å². The summed E-state index contributed by atoms with van der Waals surface area (Å²) in [5.74, 6) is -1.74. The van der Waals surface area contributed by atoms with E-state index in [1.807, 2.05) is 0 Å². The molecule has 1 N–H and O–H groups in total. The number of anilines is 2. The first-order chi connectivity index (χ1) is 11.6. The highest BCUT2D eigenvalue weighted by Crippen LogP contribution is 2.33. The molecule has 12 heteroatoms. The van der Waals surface area contributed by atoms with Gasteiger partial charge in [0.1, 0.15) is 18.1 Å². The number of hydrogen-bond acceptors (Lipinski definition) is 8. The largest absolute Gasteiger partial charge is 0.573 e. The van der Waals surface area contributed by atoms with Crippen molar-refractivity contribution in [1.82, 2.24) is 9.97 Å². The summed E-state index contributed by atoms with van der Waals surface area (Å²) in [5, 5.41) is 13.1. The first-order valence-corrected chi connectivity index (χ1v) is 6.46. The van der Waals surface area contributed by atoms with Crippen molar-refractivity contribution < 1.29 is 32.4 Å². The second-order valence-electron chi connectivity index (χ2n) is 4.45. The van der Waals surface area contributed by atoms with Gasteiger partial charge >= 0.3 is 18.0 Å². The Hall–Kier alpha value is -3.44. The lowest BCUT2D eigenvalue weighted by molar-refractivity contribution is -0.385. The van der Waals surface area contributed by atoms with E-state index in [-0.39, 0.29) is 23.1 Å². The van der Waals surface area contributed by atoms with Crippen LogP contribution >= 0.6 is 0 Å². The second kappa shape index (κ2) is 6.98. The van der Waals surface area contributed by atoms with Gasteiger partial charge in [-0.1, -0.05) is 0 Å². The fraction of sp³-hybridized carbons (Fsp3) is 0.154. The Morgan fingerprint density at radius 1 is 1.28 bits per heavy atom. The van der Waals surface area contributed by atoms with E-state index < -0.39 is 23.0 Å². The normalized spacial score (nSPS) is 10.9. The third-order valence-corrected chi connectivity index (χ3v) is 2.54. The molecule has 132 valence electrons. The number of hydrogen-bond donors (Lipinski definition) is 1. The first kappa shape index (κ1) is 17.9. The van der Waals surface area contributed by atoms with Crippen molar-refractivity contribution in [3.63, 3.8) is 0 Å². The lowest BCUT2D eigenvalue weighted by Gasteiger charge is -2.13. The summed E-state index contributed by atoms with van der Waals surface area (Å²) in [4.78, 5) is 28.3. The molecule has 0 spiro atoms. The number of carbonyl (C=O) groups excluding carboxylic acids is 1. The minimum absolute atomic E-state index is 0.0542. The van der Waals surface area contributed by atoms with Crippen LogP contribution in [0.2, 0.25) is 0 Å². The molecule has 1 aromatic heterocycles. The average molecular weight is 358 g/mol. The van der Waals surface area contributed by atoms with Gasteiger partial charge in [0.2, 0.25) is 5.95 Å². The van der Waals surface area contributed by atoms with E-state index in [2.05, 4.69) is 20.0 Å². The molecule has 0 aliphatic carbocycles. The van der Waals surface area contributed by atoms with Crippen molar-refractivity contribution in [2.75, 3.05) is 5.32 Å². The number of alkyl halides is 3. The maximum atomic E-state index is 12.3. The number of nitrogens with zero attached hydrogens (tertiary/aromatic N) is 3. The van der Waals surface area contributed by atoms with Crippen molar-refractivity contribution in [2.24, 2.45) is 0 Å². The Kier molecular flexibility index (Phi) is 5.00. The molecule has 1 aromatic carbocycles. The quantitative estimate of drug-likeness (QED) is 0.375. The molecule has 2 rings (SSSR count).